The van der Waals surface area contributed by atoms with Crippen molar-refractivity contribution >= 4 is 29.2 Å². The zero-order valence-electron chi connectivity index (χ0n) is 10.6. The molecule has 9 heteroatoms. The molecule has 0 aliphatic rings. The quantitative estimate of drug-likeness (QED) is 0.801. The van der Waals surface area contributed by atoms with Gasteiger partial charge in [0.1, 0.15) is 12.0 Å². The molecule has 0 saturated heterocycles. The van der Waals surface area contributed by atoms with Crippen LogP contribution in [-0.4, -0.2) is 39.9 Å². The van der Waals surface area contributed by atoms with Gasteiger partial charge in [-0.15, -0.1) is 5.10 Å². The van der Waals surface area contributed by atoms with Crippen molar-refractivity contribution < 1.29 is 14.3 Å². The van der Waals surface area contributed by atoms with Crippen LogP contribution >= 0.6 is 23.2 Å². The molecule has 0 amide bonds. The highest BCUT2D eigenvalue weighted by Crippen LogP contribution is 2.38. The van der Waals surface area contributed by atoms with Crippen molar-refractivity contribution in [3.05, 3.63) is 28.0 Å². The van der Waals surface area contributed by atoms with Gasteiger partial charge in [-0.1, -0.05) is 23.2 Å². The maximum absolute atomic E-state index is 11.2. The van der Waals surface area contributed by atoms with E-state index >= 15 is 0 Å². The maximum Gasteiger partial charge on any atom is 0.343 e. The Morgan fingerprint density at radius 3 is 2.80 bits per heavy atom. The molecule has 2 aromatic rings. The molecule has 0 unspecified atom stereocenters. The summed E-state index contributed by atoms with van der Waals surface area (Å²) in [6.07, 6.45) is 1.36. The molecule has 0 fully saturated rings. The van der Waals surface area contributed by atoms with Crippen LogP contribution < -0.4 is 4.74 Å². The first-order chi connectivity index (χ1) is 9.54. The summed E-state index contributed by atoms with van der Waals surface area (Å²) < 4.78 is 11.3. The zero-order valence-corrected chi connectivity index (χ0v) is 12.1. The number of benzene rings is 1. The Labute approximate surface area is 124 Å². The van der Waals surface area contributed by atoms with Crippen molar-refractivity contribution in [2.45, 2.75) is 6.92 Å². The first-order valence-corrected chi connectivity index (χ1v) is 6.21. The third kappa shape index (κ3) is 2.83. The van der Waals surface area contributed by atoms with Gasteiger partial charge in [-0.05, 0) is 29.0 Å². The number of ether oxygens (including phenoxy) is 2. The Morgan fingerprint density at radius 2 is 2.20 bits per heavy atom. The minimum absolute atomic E-state index is 0.256. The fourth-order valence-corrected chi connectivity index (χ4v) is 1.95. The predicted molar refractivity (Wildman–Crippen MR) is 71.4 cm³/mol. The van der Waals surface area contributed by atoms with Crippen LogP contribution in [0.3, 0.4) is 0 Å². The van der Waals surface area contributed by atoms with Crippen LogP contribution in [-0.2, 0) is 9.53 Å². The summed E-state index contributed by atoms with van der Waals surface area (Å²) >= 11 is 12.3. The lowest BCUT2D eigenvalue weighted by molar-refractivity contribution is -0.142. The average molecular weight is 317 g/mol. The zero-order chi connectivity index (χ0) is 14.7. The summed E-state index contributed by atoms with van der Waals surface area (Å²) in [5.41, 5.74) is 1.06. The molecule has 0 radical (unpaired) electrons. The number of carbonyl (C=O) groups excluding carboxylic acids is 1. The molecule has 2 rings (SSSR count). The molecule has 0 N–H and O–H groups in total. The van der Waals surface area contributed by atoms with Crippen LogP contribution in [0.25, 0.3) is 5.69 Å². The molecule has 20 heavy (non-hydrogen) atoms. The summed E-state index contributed by atoms with van der Waals surface area (Å²) in [5, 5.41) is 11.5. The van der Waals surface area contributed by atoms with Crippen molar-refractivity contribution in [1.82, 2.24) is 20.2 Å². The molecule has 1 heterocycles. The fraction of sp³-hybridized carbons (Fsp3) is 0.273. The second-order valence-corrected chi connectivity index (χ2v) is 4.55. The van der Waals surface area contributed by atoms with E-state index in [0.717, 1.165) is 0 Å². The molecule has 0 aliphatic carbocycles. The second kappa shape index (κ2) is 6.06. The number of nitrogens with zero attached hydrogens (tertiary/aromatic N) is 4. The molecular formula is C11H10Cl2N4O3. The van der Waals surface area contributed by atoms with E-state index in [2.05, 4.69) is 20.3 Å². The van der Waals surface area contributed by atoms with Crippen LogP contribution in [0.5, 0.6) is 5.75 Å². The molecule has 7 nitrogen and oxygen atoms in total. The first kappa shape index (κ1) is 14.5. The summed E-state index contributed by atoms with van der Waals surface area (Å²) in [5.74, 6) is -0.275. The molecule has 0 saturated carbocycles. The highest BCUT2D eigenvalue weighted by atomic mass is 35.5. The number of halogens is 2. The third-order valence-electron chi connectivity index (χ3n) is 2.54. The van der Waals surface area contributed by atoms with Crippen LogP contribution in [0.2, 0.25) is 10.0 Å². The molecule has 1 aromatic carbocycles. The largest absolute Gasteiger partial charge is 0.478 e. The van der Waals surface area contributed by atoms with Crippen LogP contribution in [0, 0.1) is 6.92 Å². The number of carbonyl (C=O) groups is 1. The number of rotatable bonds is 4. The van der Waals surface area contributed by atoms with E-state index < -0.39 is 5.97 Å². The van der Waals surface area contributed by atoms with E-state index in [0.29, 0.717) is 16.3 Å². The van der Waals surface area contributed by atoms with E-state index in [1.54, 1.807) is 13.0 Å². The summed E-state index contributed by atoms with van der Waals surface area (Å²) in [6.45, 7) is 1.45. The molecule has 0 bridgehead atoms. The van der Waals surface area contributed by atoms with Gasteiger partial charge >= 0.3 is 5.97 Å². The average Bonchev–Trinajstić information content (AvgIpc) is 2.97. The molecule has 106 valence electrons. The van der Waals surface area contributed by atoms with Gasteiger partial charge in [0.25, 0.3) is 0 Å². The van der Waals surface area contributed by atoms with E-state index in [1.807, 2.05) is 0 Å². The van der Waals surface area contributed by atoms with E-state index in [9.17, 15) is 4.79 Å². The maximum atomic E-state index is 11.2. The number of hydrogen-bond donors (Lipinski definition) is 0. The van der Waals surface area contributed by atoms with Crippen LogP contribution in [0.15, 0.2) is 12.4 Å². The Hall–Kier alpha value is -1.86. The van der Waals surface area contributed by atoms with Crippen LogP contribution in [0.1, 0.15) is 5.56 Å². The van der Waals surface area contributed by atoms with Crippen LogP contribution in [0.4, 0.5) is 0 Å². The Kier molecular flexibility index (Phi) is 4.41. The Bertz CT molecular complexity index is 631. The first-order valence-electron chi connectivity index (χ1n) is 5.46. The lowest BCUT2D eigenvalue weighted by atomic mass is 10.2. The lowest BCUT2D eigenvalue weighted by Crippen LogP contribution is -2.14. The lowest BCUT2D eigenvalue weighted by Gasteiger charge is -2.14. The predicted octanol–water partition coefficient (Wildman–Crippen LogP) is 1.83. The third-order valence-corrected chi connectivity index (χ3v) is 3.39. The molecule has 0 spiro atoms. The van der Waals surface area contributed by atoms with Crippen molar-refractivity contribution in [2.75, 3.05) is 13.7 Å². The minimum Gasteiger partial charge on any atom is -0.478 e. The molecule has 0 atom stereocenters. The summed E-state index contributed by atoms with van der Waals surface area (Å²) in [6, 6.07) is 1.60. The molecule has 0 aliphatic heterocycles. The smallest absolute Gasteiger partial charge is 0.343 e. The van der Waals surface area contributed by atoms with Crippen molar-refractivity contribution in [2.24, 2.45) is 0 Å². The molecule has 1 aromatic heterocycles. The van der Waals surface area contributed by atoms with Gasteiger partial charge in [0, 0.05) is 5.02 Å². The summed E-state index contributed by atoms with van der Waals surface area (Å²) in [7, 11) is 1.27. The van der Waals surface area contributed by atoms with E-state index in [1.165, 1.54) is 18.1 Å². The standard InChI is InChI=1S/C11H10Cl2N4O3/c1-6-7(12)3-8(17-5-14-15-16-17)11(10(6)13)20-4-9(18)19-2/h3,5H,4H2,1-2H3. The number of methoxy groups -OCH3 is 1. The Morgan fingerprint density at radius 1 is 1.45 bits per heavy atom. The van der Waals surface area contributed by atoms with E-state index in [-0.39, 0.29) is 17.4 Å². The number of esters is 1. The van der Waals surface area contributed by atoms with Crippen molar-refractivity contribution in [3.63, 3.8) is 0 Å². The van der Waals surface area contributed by atoms with Crippen molar-refractivity contribution in [3.8, 4) is 11.4 Å². The normalized spacial score (nSPS) is 10.4. The Balaban J connectivity index is 2.46. The topological polar surface area (TPSA) is 79.1 Å². The van der Waals surface area contributed by atoms with Gasteiger partial charge in [-0.3, -0.25) is 0 Å². The fourth-order valence-electron chi connectivity index (χ4n) is 1.45. The monoisotopic (exact) mass is 316 g/mol. The van der Waals surface area contributed by atoms with E-state index in [4.69, 9.17) is 27.9 Å². The van der Waals surface area contributed by atoms with Gasteiger partial charge in [0.15, 0.2) is 12.4 Å². The van der Waals surface area contributed by atoms with Crippen molar-refractivity contribution in [1.29, 1.82) is 0 Å². The van der Waals surface area contributed by atoms with Gasteiger partial charge in [0.05, 0.1) is 12.1 Å². The highest BCUT2D eigenvalue weighted by molar-refractivity contribution is 6.37. The highest BCUT2D eigenvalue weighted by Gasteiger charge is 2.18. The SMILES string of the molecule is COC(=O)COc1c(-n2cnnn2)cc(Cl)c(C)c1Cl. The van der Waals surface area contributed by atoms with Gasteiger partial charge in [-0.25, -0.2) is 4.79 Å². The molecular weight excluding hydrogens is 307 g/mol. The number of hydrogen-bond acceptors (Lipinski definition) is 6. The number of aromatic nitrogens is 4. The second-order valence-electron chi connectivity index (χ2n) is 3.76. The van der Waals surface area contributed by atoms with Gasteiger partial charge in [-0.2, -0.15) is 4.68 Å². The van der Waals surface area contributed by atoms with Gasteiger partial charge < -0.3 is 9.47 Å². The van der Waals surface area contributed by atoms with Gasteiger partial charge in [0.2, 0.25) is 0 Å². The number of tetrazole rings is 1. The minimum atomic E-state index is -0.531. The summed E-state index contributed by atoms with van der Waals surface area (Å²) in [4.78, 5) is 11.2.